The van der Waals surface area contributed by atoms with Gasteiger partial charge < -0.3 is 10.4 Å². The van der Waals surface area contributed by atoms with E-state index in [9.17, 15) is 0 Å². The molecular formula is C18H26N2OS. The number of thiazole rings is 1. The number of aliphatic hydroxyl groups excluding tert-OH is 1. The van der Waals surface area contributed by atoms with E-state index in [0.717, 1.165) is 23.7 Å². The molecule has 22 heavy (non-hydrogen) atoms. The predicted octanol–water partition coefficient (Wildman–Crippen LogP) is 4.10. The zero-order chi connectivity index (χ0) is 16.1. The number of rotatable bonds is 7. The van der Waals surface area contributed by atoms with Crippen LogP contribution in [-0.4, -0.2) is 23.2 Å². The maximum atomic E-state index is 8.98. The molecule has 0 saturated carbocycles. The van der Waals surface area contributed by atoms with Gasteiger partial charge in [-0.2, -0.15) is 0 Å². The standard InChI is InChI=1S/C18H26N2OS/c1-12-5-7-16(8-6-12)18-20-15(4)17(22-18)14(3)19-11-13(2)9-10-21/h5-8,13-14,19,21H,9-11H2,1-4H3. The van der Waals surface area contributed by atoms with Crippen molar-refractivity contribution in [3.63, 3.8) is 0 Å². The quantitative estimate of drug-likeness (QED) is 0.808. The Morgan fingerprint density at radius 3 is 2.50 bits per heavy atom. The van der Waals surface area contributed by atoms with E-state index in [1.54, 1.807) is 11.3 Å². The van der Waals surface area contributed by atoms with Crippen molar-refractivity contribution in [2.45, 2.75) is 40.2 Å². The number of benzene rings is 1. The van der Waals surface area contributed by atoms with Crippen molar-refractivity contribution in [1.82, 2.24) is 10.3 Å². The molecule has 0 bridgehead atoms. The average molecular weight is 318 g/mol. The molecule has 1 heterocycles. The minimum Gasteiger partial charge on any atom is -0.396 e. The van der Waals surface area contributed by atoms with E-state index in [2.05, 4.69) is 57.3 Å². The molecule has 1 aromatic heterocycles. The van der Waals surface area contributed by atoms with E-state index in [1.165, 1.54) is 16.0 Å². The fraction of sp³-hybridized carbons (Fsp3) is 0.500. The Bertz CT molecular complexity index is 592. The Balaban J connectivity index is 2.07. The Morgan fingerprint density at radius 1 is 1.18 bits per heavy atom. The van der Waals surface area contributed by atoms with Crippen LogP contribution >= 0.6 is 11.3 Å². The zero-order valence-electron chi connectivity index (χ0n) is 13.9. The van der Waals surface area contributed by atoms with Crippen molar-refractivity contribution in [1.29, 1.82) is 0 Å². The molecule has 0 aliphatic heterocycles. The van der Waals surface area contributed by atoms with Gasteiger partial charge >= 0.3 is 0 Å². The number of hydrogen-bond donors (Lipinski definition) is 2. The first kappa shape index (κ1) is 17.1. The van der Waals surface area contributed by atoms with Gasteiger partial charge in [0.25, 0.3) is 0 Å². The molecule has 2 rings (SSSR count). The maximum absolute atomic E-state index is 8.98. The van der Waals surface area contributed by atoms with Gasteiger partial charge in [-0.15, -0.1) is 11.3 Å². The highest BCUT2D eigenvalue weighted by atomic mass is 32.1. The molecule has 4 heteroatoms. The molecule has 120 valence electrons. The molecule has 0 aliphatic carbocycles. The SMILES string of the molecule is Cc1ccc(-c2nc(C)c(C(C)NCC(C)CCO)s2)cc1. The van der Waals surface area contributed by atoms with Gasteiger partial charge in [-0.3, -0.25) is 0 Å². The van der Waals surface area contributed by atoms with Crippen molar-refractivity contribution in [3.8, 4) is 10.6 Å². The van der Waals surface area contributed by atoms with Crippen LogP contribution in [0.25, 0.3) is 10.6 Å². The van der Waals surface area contributed by atoms with Crippen LogP contribution in [0.2, 0.25) is 0 Å². The van der Waals surface area contributed by atoms with Crippen LogP contribution in [0.15, 0.2) is 24.3 Å². The first-order valence-corrected chi connectivity index (χ1v) is 8.71. The van der Waals surface area contributed by atoms with Gasteiger partial charge in [-0.05, 0) is 39.7 Å². The third kappa shape index (κ3) is 4.38. The van der Waals surface area contributed by atoms with E-state index < -0.39 is 0 Å². The van der Waals surface area contributed by atoms with Gasteiger partial charge in [0.1, 0.15) is 5.01 Å². The highest BCUT2D eigenvalue weighted by Gasteiger charge is 2.15. The summed E-state index contributed by atoms with van der Waals surface area (Å²) >= 11 is 1.77. The Labute approximate surface area is 137 Å². The molecular weight excluding hydrogens is 292 g/mol. The summed E-state index contributed by atoms with van der Waals surface area (Å²) in [6.45, 7) is 9.70. The number of aromatic nitrogens is 1. The lowest BCUT2D eigenvalue weighted by Gasteiger charge is -2.16. The minimum atomic E-state index is 0.258. The smallest absolute Gasteiger partial charge is 0.123 e. The van der Waals surface area contributed by atoms with Crippen LogP contribution in [-0.2, 0) is 0 Å². The highest BCUT2D eigenvalue weighted by molar-refractivity contribution is 7.15. The lowest BCUT2D eigenvalue weighted by molar-refractivity contribution is 0.258. The van der Waals surface area contributed by atoms with Crippen molar-refractivity contribution in [2.75, 3.05) is 13.2 Å². The molecule has 3 nitrogen and oxygen atoms in total. The van der Waals surface area contributed by atoms with E-state index in [0.29, 0.717) is 5.92 Å². The van der Waals surface area contributed by atoms with Gasteiger partial charge in [0.15, 0.2) is 0 Å². The summed E-state index contributed by atoms with van der Waals surface area (Å²) in [5.41, 5.74) is 3.56. The normalized spacial score (nSPS) is 14.0. The lowest BCUT2D eigenvalue weighted by Crippen LogP contribution is -2.24. The molecule has 2 unspecified atom stereocenters. The first-order valence-electron chi connectivity index (χ1n) is 7.90. The summed E-state index contributed by atoms with van der Waals surface area (Å²) in [5, 5.41) is 13.6. The van der Waals surface area contributed by atoms with E-state index >= 15 is 0 Å². The Hall–Kier alpha value is -1.23. The fourth-order valence-electron chi connectivity index (χ4n) is 2.42. The molecule has 0 fully saturated rings. The Kier molecular flexibility index (Phi) is 6.12. The Morgan fingerprint density at radius 2 is 1.86 bits per heavy atom. The van der Waals surface area contributed by atoms with E-state index in [-0.39, 0.29) is 12.6 Å². The van der Waals surface area contributed by atoms with Gasteiger partial charge in [0.05, 0.1) is 5.69 Å². The molecule has 2 atom stereocenters. The summed E-state index contributed by atoms with van der Waals surface area (Å²) in [6, 6.07) is 8.82. The summed E-state index contributed by atoms with van der Waals surface area (Å²) in [6.07, 6.45) is 0.843. The molecule has 0 amide bonds. The van der Waals surface area contributed by atoms with Crippen LogP contribution in [0.1, 0.15) is 42.4 Å². The predicted molar refractivity (Wildman–Crippen MR) is 94.3 cm³/mol. The van der Waals surface area contributed by atoms with Gasteiger partial charge in [-0.25, -0.2) is 4.98 Å². The molecule has 0 spiro atoms. The van der Waals surface area contributed by atoms with E-state index in [4.69, 9.17) is 10.1 Å². The van der Waals surface area contributed by atoms with Crippen LogP contribution in [0.4, 0.5) is 0 Å². The van der Waals surface area contributed by atoms with Crippen LogP contribution < -0.4 is 5.32 Å². The monoisotopic (exact) mass is 318 g/mol. The number of hydrogen-bond acceptors (Lipinski definition) is 4. The van der Waals surface area contributed by atoms with E-state index in [1.807, 2.05) is 0 Å². The summed E-state index contributed by atoms with van der Waals surface area (Å²) in [5.74, 6) is 0.484. The second kappa shape index (κ2) is 7.86. The number of aryl methyl sites for hydroxylation is 2. The van der Waals surface area contributed by atoms with Crippen LogP contribution in [0.5, 0.6) is 0 Å². The third-order valence-corrected chi connectivity index (χ3v) is 5.31. The summed E-state index contributed by atoms with van der Waals surface area (Å²) in [7, 11) is 0. The van der Waals surface area contributed by atoms with Crippen molar-refractivity contribution >= 4 is 11.3 Å². The van der Waals surface area contributed by atoms with Crippen LogP contribution in [0.3, 0.4) is 0 Å². The molecule has 1 aromatic carbocycles. The molecule has 0 radical (unpaired) electrons. The second-order valence-electron chi connectivity index (χ2n) is 6.08. The summed E-state index contributed by atoms with van der Waals surface area (Å²) in [4.78, 5) is 6.03. The minimum absolute atomic E-state index is 0.258. The van der Waals surface area contributed by atoms with Crippen molar-refractivity contribution < 1.29 is 5.11 Å². The maximum Gasteiger partial charge on any atom is 0.123 e. The van der Waals surface area contributed by atoms with Crippen LogP contribution in [0, 0.1) is 19.8 Å². The highest BCUT2D eigenvalue weighted by Crippen LogP contribution is 2.31. The lowest BCUT2D eigenvalue weighted by atomic mass is 10.1. The second-order valence-corrected chi connectivity index (χ2v) is 7.11. The zero-order valence-corrected chi connectivity index (χ0v) is 14.7. The molecule has 0 saturated heterocycles. The van der Waals surface area contributed by atoms with Crippen molar-refractivity contribution in [2.24, 2.45) is 5.92 Å². The van der Waals surface area contributed by atoms with Gasteiger partial charge in [0, 0.05) is 23.1 Å². The summed E-state index contributed by atoms with van der Waals surface area (Å²) < 4.78 is 0. The van der Waals surface area contributed by atoms with Gasteiger partial charge in [-0.1, -0.05) is 36.8 Å². The third-order valence-electron chi connectivity index (χ3n) is 3.92. The number of nitrogens with zero attached hydrogens (tertiary/aromatic N) is 1. The largest absolute Gasteiger partial charge is 0.396 e. The number of nitrogens with one attached hydrogen (secondary N) is 1. The molecule has 2 aromatic rings. The number of aliphatic hydroxyl groups is 1. The average Bonchev–Trinajstić information content (AvgIpc) is 2.88. The topological polar surface area (TPSA) is 45.2 Å². The fourth-order valence-corrected chi connectivity index (χ4v) is 3.52. The molecule has 2 N–H and O–H groups in total. The first-order chi connectivity index (χ1) is 10.5. The van der Waals surface area contributed by atoms with Crippen molar-refractivity contribution in [3.05, 3.63) is 40.4 Å². The molecule has 0 aliphatic rings. The van der Waals surface area contributed by atoms with Gasteiger partial charge in [0.2, 0.25) is 0 Å².